The Kier molecular flexibility index (Phi) is 6.68. The summed E-state index contributed by atoms with van der Waals surface area (Å²) in [7, 11) is 0. The number of rotatable bonds is 9. The second-order valence-electron chi connectivity index (χ2n) is 6.18. The number of hydrogen-bond donors (Lipinski definition) is 2. The zero-order valence-corrected chi connectivity index (χ0v) is 17.0. The number of nitrogens with zero attached hydrogens (tertiary/aromatic N) is 3. The number of thioether (sulfide) groups is 1. The Hall–Kier alpha value is -2.13. The van der Waals surface area contributed by atoms with Crippen LogP contribution < -0.4 is 10.6 Å². The molecule has 0 saturated heterocycles. The predicted molar refractivity (Wildman–Crippen MR) is 110 cm³/mol. The maximum absolute atomic E-state index is 12.3. The molecule has 1 fully saturated rings. The van der Waals surface area contributed by atoms with Crippen molar-refractivity contribution in [3.63, 3.8) is 0 Å². The monoisotopic (exact) mass is 405 g/mol. The summed E-state index contributed by atoms with van der Waals surface area (Å²) in [6.45, 7) is 5.26. The first-order valence-electron chi connectivity index (χ1n) is 9.01. The third kappa shape index (κ3) is 5.67. The molecule has 2 N–H and O–H groups in total. The highest BCUT2D eigenvalue weighted by Gasteiger charge is 2.22. The fraction of sp³-hybridized carbons (Fsp3) is 0.444. The summed E-state index contributed by atoms with van der Waals surface area (Å²) in [5, 5.41) is 15.1. The van der Waals surface area contributed by atoms with E-state index in [1.807, 2.05) is 13.8 Å². The van der Waals surface area contributed by atoms with Crippen LogP contribution in [-0.2, 0) is 4.79 Å². The van der Waals surface area contributed by atoms with Crippen LogP contribution in [-0.4, -0.2) is 51.8 Å². The largest absolute Gasteiger partial charge is 0.357 e. The molecule has 1 aliphatic carbocycles. The standard InChI is InChI=1S/C18H23N5O2S2/c1-3-23(4-2)16(25)12-5-7-13(8-6-12)19-15(24)11-26-18-22-21-17(27-18)20-14-9-10-14/h5-8,14H,3-4,9-11H2,1-2H3,(H,19,24)(H,20,21). The van der Waals surface area contributed by atoms with Crippen molar-refractivity contribution in [2.75, 3.05) is 29.5 Å². The average Bonchev–Trinajstić information content (AvgIpc) is 3.37. The number of anilines is 2. The molecular weight excluding hydrogens is 382 g/mol. The van der Waals surface area contributed by atoms with Crippen LogP contribution in [0.2, 0.25) is 0 Å². The van der Waals surface area contributed by atoms with E-state index in [2.05, 4.69) is 20.8 Å². The van der Waals surface area contributed by atoms with Crippen molar-refractivity contribution in [2.24, 2.45) is 0 Å². The number of benzene rings is 1. The van der Waals surface area contributed by atoms with E-state index in [9.17, 15) is 9.59 Å². The van der Waals surface area contributed by atoms with Gasteiger partial charge in [0.1, 0.15) is 0 Å². The molecule has 0 unspecified atom stereocenters. The Labute approximate surface area is 166 Å². The molecular formula is C18H23N5O2S2. The van der Waals surface area contributed by atoms with Gasteiger partial charge in [0.05, 0.1) is 5.75 Å². The van der Waals surface area contributed by atoms with Crippen molar-refractivity contribution in [1.29, 1.82) is 0 Å². The zero-order chi connectivity index (χ0) is 19.2. The van der Waals surface area contributed by atoms with Gasteiger partial charge in [-0.1, -0.05) is 23.1 Å². The molecule has 1 heterocycles. The van der Waals surface area contributed by atoms with E-state index in [0.29, 0.717) is 30.4 Å². The highest BCUT2D eigenvalue weighted by molar-refractivity contribution is 8.01. The van der Waals surface area contributed by atoms with Crippen molar-refractivity contribution in [3.8, 4) is 0 Å². The lowest BCUT2D eigenvalue weighted by atomic mass is 10.2. The molecule has 2 amide bonds. The smallest absolute Gasteiger partial charge is 0.253 e. The van der Waals surface area contributed by atoms with Gasteiger partial charge in [-0.2, -0.15) is 0 Å². The van der Waals surface area contributed by atoms with E-state index in [0.717, 1.165) is 9.47 Å². The fourth-order valence-corrected chi connectivity index (χ4v) is 4.07. The van der Waals surface area contributed by atoms with Crippen LogP contribution in [0.5, 0.6) is 0 Å². The molecule has 1 saturated carbocycles. The van der Waals surface area contributed by atoms with Crippen LogP contribution in [0.25, 0.3) is 0 Å². The molecule has 1 aliphatic rings. The normalized spacial score (nSPS) is 13.3. The summed E-state index contributed by atoms with van der Waals surface area (Å²) < 4.78 is 0.772. The SMILES string of the molecule is CCN(CC)C(=O)c1ccc(NC(=O)CSc2nnc(NC3CC3)s2)cc1. The third-order valence-electron chi connectivity index (χ3n) is 4.10. The lowest BCUT2D eigenvalue weighted by Gasteiger charge is -2.18. The second kappa shape index (κ2) is 9.18. The van der Waals surface area contributed by atoms with Crippen LogP contribution in [0.15, 0.2) is 28.6 Å². The Balaban J connectivity index is 1.47. The van der Waals surface area contributed by atoms with Crippen molar-refractivity contribution in [2.45, 2.75) is 37.1 Å². The first-order valence-corrected chi connectivity index (χ1v) is 10.8. The summed E-state index contributed by atoms with van der Waals surface area (Å²) in [5.41, 5.74) is 1.29. The predicted octanol–water partition coefficient (Wildman–Crippen LogP) is 3.33. The molecule has 2 aromatic rings. The lowest BCUT2D eigenvalue weighted by molar-refractivity contribution is -0.113. The van der Waals surface area contributed by atoms with Crippen molar-refractivity contribution >= 4 is 45.7 Å². The molecule has 7 nitrogen and oxygen atoms in total. The number of carbonyl (C=O) groups excluding carboxylic acids is 2. The molecule has 27 heavy (non-hydrogen) atoms. The summed E-state index contributed by atoms with van der Waals surface area (Å²) >= 11 is 2.84. The lowest BCUT2D eigenvalue weighted by Crippen LogP contribution is -2.30. The molecule has 1 aromatic carbocycles. The van der Waals surface area contributed by atoms with Crippen molar-refractivity contribution in [3.05, 3.63) is 29.8 Å². The summed E-state index contributed by atoms with van der Waals surface area (Å²) in [6.07, 6.45) is 2.37. The minimum absolute atomic E-state index is 0.000290. The molecule has 0 atom stereocenters. The van der Waals surface area contributed by atoms with Gasteiger partial charge in [0, 0.05) is 30.4 Å². The minimum atomic E-state index is -0.116. The Morgan fingerprint density at radius 3 is 2.52 bits per heavy atom. The molecule has 0 aliphatic heterocycles. The van der Waals surface area contributed by atoms with E-state index < -0.39 is 0 Å². The topological polar surface area (TPSA) is 87.2 Å². The highest BCUT2D eigenvalue weighted by Crippen LogP contribution is 2.30. The van der Waals surface area contributed by atoms with E-state index in [1.54, 1.807) is 29.2 Å². The van der Waals surface area contributed by atoms with Crippen LogP contribution in [0, 0.1) is 0 Å². The van der Waals surface area contributed by atoms with Crippen LogP contribution in [0.4, 0.5) is 10.8 Å². The molecule has 0 spiro atoms. The summed E-state index contributed by atoms with van der Waals surface area (Å²) in [6, 6.07) is 7.52. The van der Waals surface area contributed by atoms with Crippen molar-refractivity contribution in [1.82, 2.24) is 15.1 Å². The van der Waals surface area contributed by atoms with E-state index in [-0.39, 0.29) is 17.6 Å². The number of aromatic nitrogens is 2. The summed E-state index contributed by atoms with van der Waals surface area (Å²) in [4.78, 5) is 26.2. The van der Waals surface area contributed by atoms with Gasteiger partial charge in [0.15, 0.2) is 4.34 Å². The van der Waals surface area contributed by atoms with E-state index in [1.165, 1.54) is 35.9 Å². The first-order chi connectivity index (χ1) is 13.1. The molecule has 3 rings (SSSR count). The Morgan fingerprint density at radius 2 is 1.89 bits per heavy atom. The maximum atomic E-state index is 12.3. The number of nitrogens with one attached hydrogen (secondary N) is 2. The van der Waals surface area contributed by atoms with Gasteiger partial charge in [0.2, 0.25) is 11.0 Å². The quantitative estimate of drug-likeness (QED) is 0.622. The van der Waals surface area contributed by atoms with Gasteiger partial charge < -0.3 is 15.5 Å². The molecule has 0 radical (unpaired) electrons. The first kappa shape index (κ1) is 19.6. The molecule has 9 heteroatoms. The number of hydrogen-bond acceptors (Lipinski definition) is 7. The summed E-state index contributed by atoms with van der Waals surface area (Å²) in [5.74, 6) is 0.146. The highest BCUT2D eigenvalue weighted by atomic mass is 32.2. The second-order valence-corrected chi connectivity index (χ2v) is 8.38. The number of amides is 2. The van der Waals surface area contributed by atoms with Gasteiger partial charge in [-0.3, -0.25) is 9.59 Å². The van der Waals surface area contributed by atoms with Gasteiger partial charge in [-0.05, 0) is 51.0 Å². The minimum Gasteiger partial charge on any atom is -0.357 e. The van der Waals surface area contributed by atoms with Crippen LogP contribution in [0.3, 0.4) is 0 Å². The van der Waals surface area contributed by atoms with Gasteiger partial charge in [0.25, 0.3) is 5.91 Å². The zero-order valence-electron chi connectivity index (χ0n) is 15.4. The van der Waals surface area contributed by atoms with Crippen LogP contribution in [0.1, 0.15) is 37.0 Å². The molecule has 144 valence electrons. The van der Waals surface area contributed by atoms with E-state index >= 15 is 0 Å². The fourth-order valence-electron chi connectivity index (χ4n) is 2.44. The molecule has 0 bridgehead atoms. The van der Waals surface area contributed by atoms with E-state index in [4.69, 9.17) is 0 Å². The third-order valence-corrected chi connectivity index (χ3v) is 6.09. The Morgan fingerprint density at radius 1 is 1.19 bits per heavy atom. The van der Waals surface area contributed by atoms with Crippen LogP contribution >= 0.6 is 23.1 Å². The van der Waals surface area contributed by atoms with Crippen molar-refractivity contribution < 1.29 is 9.59 Å². The molecule has 1 aromatic heterocycles. The van der Waals surface area contributed by atoms with Gasteiger partial charge >= 0.3 is 0 Å². The number of carbonyl (C=O) groups is 2. The van der Waals surface area contributed by atoms with Gasteiger partial charge in [-0.15, -0.1) is 10.2 Å². The van der Waals surface area contributed by atoms with Gasteiger partial charge in [-0.25, -0.2) is 0 Å². The maximum Gasteiger partial charge on any atom is 0.253 e. The average molecular weight is 406 g/mol. The Bertz CT molecular complexity index is 785.